The van der Waals surface area contributed by atoms with E-state index in [2.05, 4.69) is 6.92 Å². The summed E-state index contributed by atoms with van der Waals surface area (Å²) in [6.07, 6.45) is 6.07. The molecular weight excluding hydrogens is 398 g/mol. The van der Waals surface area contributed by atoms with Gasteiger partial charge in [0.1, 0.15) is 5.82 Å². The molecule has 168 valence electrons. The second-order valence-electron chi connectivity index (χ2n) is 8.85. The van der Waals surface area contributed by atoms with Crippen molar-refractivity contribution in [3.8, 4) is 5.69 Å². The molecule has 1 aliphatic rings. The van der Waals surface area contributed by atoms with Crippen molar-refractivity contribution in [1.29, 1.82) is 0 Å². The maximum absolute atomic E-state index is 13.7. The minimum Gasteiger partial charge on any atom is -0.333 e. The fourth-order valence-corrected chi connectivity index (χ4v) is 5.05. The zero-order valence-corrected chi connectivity index (χ0v) is 19.4. The number of para-hydroxylation sites is 1. The van der Waals surface area contributed by atoms with E-state index in [9.17, 15) is 9.59 Å². The van der Waals surface area contributed by atoms with Crippen LogP contribution in [0.3, 0.4) is 0 Å². The van der Waals surface area contributed by atoms with Crippen LogP contribution in [0.15, 0.2) is 53.3 Å². The van der Waals surface area contributed by atoms with Gasteiger partial charge in [0, 0.05) is 12.5 Å². The summed E-state index contributed by atoms with van der Waals surface area (Å²) in [5.74, 6) is 0.933. The highest BCUT2D eigenvalue weighted by Gasteiger charge is 2.32. The molecule has 1 aromatic heterocycles. The summed E-state index contributed by atoms with van der Waals surface area (Å²) in [6.45, 7) is 6.72. The lowest BCUT2D eigenvalue weighted by Crippen LogP contribution is -2.41. The topological polar surface area (TPSA) is 55.2 Å². The SMILES string of the molecule is CCC(c1nc2ccccc2c(=O)n1-c1cccc(C)c1)N(CC)C(=O)C1CCCCC1. The van der Waals surface area contributed by atoms with Crippen molar-refractivity contribution < 1.29 is 4.79 Å². The molecule has 1 heterocycles. The first kappa shape index (κ1) is 22.3. The number of amides is 1. The maximum atomic E-state index is 13.7. The van der Waals surface area contributed by atoms with Crippen molar-refractivity contribution in [3.05, 3.63) is 70.3 Å². The van der Waals surface area contributed by atoms with Gasteiger partial charge in [-0.15, -0.1) is 0 Å². The smallest absolute Gasteiger partial charge is 0.266 e. The maximum Gasteiger partial charge on any atom is 0.266 e. The minimum absolute atomic E-state index is 0.0809. The monoisotopic (exact) mass is 431 g/mol. The van der Waals surface area contributed by atoms with Gasteiger partial charge in [-0.05, 0) is 62.9 Å². The zero-order valence-electron chi connectivity index (χ0n) is 19.4. The van der Waals surface area contributed by atoms with E-state index in [0.29, 0.717) is 29.7 Å². The third kappa shape index (κ3) is 4.21. The highest BCUT2D eigenvalue weighted by molar-refractivity contribution is 5.80. The van der Waals surface area contributed by atoms with E-state index in [0.717, 1.165) is 36.9 Å². The van der Waals surface area contributed by atoms with Crippen LogP contribution in [-0.2, 0) is 4.79 Å². The van der Waals surface area contributed by atoms with E-state index in [1.807, 2.05) is 67.3 Å². The summed E-state index contributed by atoms with van der Waals surface area (Å²) in [5, 5.41) is 0.592. The molecule has 0 radical (unpaired) electrons. The number of hydrogen-bond acceptors (Lipinski definition) is 3. The summed E-state index contributed by atoms with van der Waals surface area (Å²) in [7, 11) is 0. The molecule has 1 amide bonds. The molecule has 0 spiro atoms. The molecule has 32 heavy (non-hydrogen) atoms. The van der Waals surface area contributed by atoms with Gasteiger partial charge in [-0.1, -0.05) is 50.5 Å². The highest BCUT2D eigenvalue weighted by atomic mass is 16.2. The van der Waals surface area contributed by atoms with Crippen LogP contribution >= 0.6 is 0 Å². The van der Waals surface area contributed by atoms with Crippen molar-refractivity contribution in [3.63, 3.8) is 0 Å². The van der Waals surface area contributed by atoms with E-state index in [4.69, 9.17) is 4.98 Å². The number of hydrogen-bond donors (Lipinski definition) is 0. The first-order chi connectivity index (χ1) is 15.5. The zero-order chi connectivity index (χ0) is 22.7. The van der Waals surface area contributed by atoms with E-state index in [1.54, 1.807) is 4.57 Å². The molecule has 4 rings (SSSR count). The third-order valence-corrected chi connectivity index (χ3v) is 6.70. The average molecular weight is 432 g/mol. The summed E-state index contributed by atoms with van der Waals surface area (Å²) >= 11 is 0. The predicted molar refractivity (Wildman–Crippen MR) is 129 cm³/mol. The van der Waals surface area contributed by atoms with Gasteiger partial charge in [0.2, 0.25) is 5.91 Å². The molecule has 0 saturated heterocycles. The molecule has 0 bridgehead atoms. The van der Waals surface area contributed by atoms with Crippen LogP contribution in [0.25, 0.3) is 16.6 Å². The Labute approximate surface area is 190 Å². The molecule has 1 saturated carbocycles. The van der Waals surface area contributed by atoms with Gasteiger partial charge in [0.25, 0.3) is 5.56 Å². The Kier molecular flexibility index (Phi) is 6.73. The van der Waals surface area contributed by atoms with Crippen molar-refractivity contribution in [1.82, 2.24) is 14.5 Å². The summed E-state index contributed by atoms with van der Waals surface area (Å²) < 4.78 is 1.72. The van der Waals surface area contributed by atoms with Crippen molar-refractivity contribution in [2.24, 2.45) is 5.92 Å². The van der Waals surface area contributed by atoms with Gasteiger partial charge in [-0.3, -0.25) is 14.2 Å². The van der Waals surface area contributed by atoms with Crippen molar-refractivity contribution >= 4 is 16.8 Å². The molecule has 1 aliphatic carbocycles. The summed E-state index contributed by atoms with van der Waals surface area (Å²) in [5.41, 5.74) is 2.46. The average Bonchev–Trinajstić information content (AvgIpc) is 2.82. The van der Waals surface area contributed by atoms with Crippen LogP contribution in [-0.4, -0.2) is 26.9 Å². The van der Waals surface area contributed by atoms with E-state index in [1.165, 1.54) is 6.42 Å². The number of aromatic nitrogens is 2. The Morgan fingerprint density at radius 3 is 2.53 bits per heavy atom. The normalized spacial score (nSPS) is 15.6. The van der Waals surface area contributed by atoms with Crippen LogP contribution in [0.5, 0.6) is 0 Å². The van der Waals surface area contributed by atoms with Crippen molar-refractivity contribution in [2.45, 2.75) is 65.3 Å². The third-order valence-electron chi connectivity index (χ3n) is 6.70. The molecule has 1 fully saturated rings. The number of benzene rings is 2. The summed E-state index contributed by atoms with van der Waals surface area (Å²) in [6, 6.07) is 15.2. The van der Waals surface area contributed by atoms with Crippen LogP contribution < -0.4 is 5.56 Å². The fourth-order valence-electron chi connectivity index (χ4n) is 5.05. The van der Waals surface area contributed by atoms with Crippen LogP contribution in [0.2, 0.25) is 0 Å². The van der Waals surface area contributed by atoms with Crippen LogP contribution in [0.4, 0.5) is 0 Å². The number of aryl methyl sites for hydroxylation is 1. The molecule has 0 aliphatic heterocycles. The predicted octanol–water partition coefficient (Wildman–Crippen LogP) is 5.57. The Hall–Kier alpha value is -2.95. The number of fused-ring (bicyclic) bond motifs is 1. The fraction of sp³-hybridized carbons (Fsp3) is 0.444. The van der Waals surface area contributed by atoms with E-state index in [-0.39, 0.29) is 23.4 Å². The van der Waals surface area contributed by atoms with Gasteiger partial charge in [-0.25, -0.2) is 4.98 Å². The molecule has 5 nitrogen and oxygen atoms in total. The first-order valence-electron chi connectivity index (χ1n) is 11.9. The standard InChI is InChI=1S/C27H33N3O2/c1-4-24(29(5-2)26(31)20-13-7-6-8-14-20)25-28-23-17-10-9-16-22(23)27(32)30(25)21-15-11-12-19(3)18-21/h9-12,15-18,20,24H,4-8,13-14H2,1-3H3. The van der Waals surface area contributed by atoms with Gasteiger partial charge in [0.05, 0.1) is 22.6 Å². The summed E-state index contributed by atoms with van der Waals surface area (Å²) in [4.78, 5) is 34.2. The van der Waals surface area contributed by atoms with Gasteiger partial charge >= 0.3 is 0 Å². The molecule has 5 heteroatoms. The first-order valence-corrected chi connectivity index (χ1v) is 11.9. The number of nitrogens with zero attached hydrogens (tertiary/aromatic N) is 3. The van der Waals surface area contributed by atoms with Gasteiger partial charge in [0.15, 0.2) is 0 Å². The molecule has 0 N–H and O–H groups in total. The minimum atomic E-state index is -0.257. The lowest BCUT2D eigenvalue weighted by Gasteiger charge is -2.35. The Morgan fingerprint density at radius 1 is 1.09 bits per heavy atom. The Bertz CT molecular complexity index is 1160. The second-order valence-corrected chi connectivity index (χ2v) is 8.85. The van der Waals surface area contributed by atoms with Crippen LogP contribution in [0.1, 0.15) is 69.8 Å². The van der Waals surface area contributed by atoms with Crippen molar-refractivity contribution in [2.75, 3.05) is 6.54 Å². The highest BCUT2D eigenvalue weighted by Crippen LogP contribution is 2.31. The largest absolute Gasteiger partial charge is 0.333 e. The molecular formula is C27H33N3O2. The Morgan fingerprint density at radius 2 is 1.84 bits per heavy atom. The number of carbonyl (C=O) groups is 1. The quantitative estimate of drug-likeness (QED) is 0.512. The van der Waals surface area contributed by atoms with Gasteiger partial charge < -0.3 is 4.90 Å². The number of rotatable bonds is 6. The lowest BCUT2D eigenvalue weighted by molar-refractivity contribution is -0.139. The van der Waals surface area contributed by atoms with E-state index < -0.39 is 0 Å². The lowest BCUT2D eigenvalue weighted by atomic mass is 9.87. The molecule has 3 aromatic rings. The van der Waals surface area contributed by atoms with Crippen LogP contribution in [0, 0.1) is 12.8 Å². The van der Waals surface area contributed by atoms with E-state index >= 15 is 0 Å². The Balaban J connectivity index is 1.89. The molecule has 1 atom stereocenters. The number of carbonyl (C=O) groups excluding carboxylic acids is 1. The second kappa shape index (κ2) is 9.68. The molecule has 2 aromatic carbocycles. The molecule has 1 unspecified atom stereocenters. The van der Waals surface area contributed by atoms with Gasteiger partial charge in [-0.2, -0.15) is 0 Å².